The quantitative estimate of drug-likeness (QED) is 0.0694. The first-order chi connectivity index (χ1) is 23.8. The van der Waals surface area contributed by atoms with Gasteiger partial charge < -0.3 is 39.4 Å². The van der Waals surface area contributed by atoms with Crippen molar-refractivity contribution >= 4 is 64.2 Å². The summed E-state index contributed by atoms with van der Waals surface area (Å²) in [4.78, 5) is 26.3. The van der Waals surface area contributed by atoms with Crippen LogP contribution in [0.15, 0.2) is 42.5 Å². The van der Waals surface area contributed by atoms with Crippen LogP contribution in [0.3, 0.4) is 0 Å². The number of carbonyl (C=O) groups excluding carboxylic acids is 1. The van der Waals surface area contributed by atoms with E-state index in [1.807, 2.05) is 52.9 Å². The molecule has 50 heavy (non-hydrogen) atoms. The molecule has 0 radical (unpaired) electrons. The zero-order valence-electron chi connectivity index (χ0n) is 27.9. The van der Waals surface area contributed by atoms with Crippen LogP contribution in [0.25, 0.3) is 21.9 Å². The standard InChI is InChI=1S/C32H40IN6O10P/c1-17(2)23(28(41)47-19-12-14-45-15-13-19)38-50(43,49-21-11-7-9-18-8-5-6-10-20(18)21)46-16-22-25(40)32(3,42)29(48-22)39-26-24(35-30(39)33)27(44-4)37-31(34)36-26/h5-11,17,19,22-23,25,29,40,42H,12-16H2,1-4H3,(H,38,43)(H2,34,36,37)/t22-,23+,25?,29-,32-,50?/m1/s1. The predicted octanol–water partition coefficient (Wildman–Crippen LogP) is 3.72. The number of aromatic nitrogens is 4. The molecule has 270 valence electrons. The van der Waals surface area contributed by atoms with Crippen LogP contribution in [0.5, 0.6) is 11.6 Å². The molecule has 2 aliphatic rings. The molecule has 0 aliphatic carbocycles. The van der Waals surface area contributed by atoms with Crippen molar-refractivity contribution in [3.8, 4) is 11.6 Å². The molecule has 2 fully saturated rings. The fourth-order valence-electron chi connectivity index (χ4n) is 5.98. The van der Waals surface area contributed by atoms with Crippen molar-refractivity contribution in [2.75, 3.05) is 32.7 Å². The first-order valence-electron chi connectivity index (χ1n) is 16.1. The Bertz CT molecular complexity index is 1900. The van der Waals surface area contributed by atoms with E-state index in [0.29, 0.717) is 35.3 Å². The van der Waals surface area contributed by atoms with Crippen molar-refractivity contribution in [2.45, 2.75) is 69.8 Å². The van der Waals surface area contributed by atoms with E-state index in [2.05, 4.69) is 20.0 Å². The van der Waals surface area contributed by atoms with Crippen LogP contribution in [0, 0.1) is 9.75 Å². The molecule has 4 aromatic rings. The third-order valence-electron chi connectivity index (χ3n) is 8.71. The molecule has 0 bridgehead atoms. The molecule has 18 heteroatoms. The van der Waals surface area contributed by atoms with E-state index in [4.69, 9.17) is 33.7 Å². The van der Waals surface area contributed by atoms with Gasteiger partial charge in [-0.15, -0.1) is 0 Å². The summed E-state index contributed by atoms with van der Waals surface area (Å²) in [6.07, 6.45) is -3.28. The van der Waals surface area contributed by atoms with Gasteiger partial charge in [-0.2, -0.15) is 15.1 Å². The molecule has 6 rings (SSSR count). The lowest BCUT2D eigenvalue weighted by atomic mass is 9.96. The van der Waals surface area contributed by atoms with Gasteiger partial charge in [-0.3, -0.25) is 13.9 Å². The number of fused-ring (bicyclic) bond motifs is 2. The van der Waals surface area contributed by atoms with Gasteiger partial charge >= 0.3 is 13.7 Å². The highest BCUT2D eigenvalue weighted by molar-refractivity contribution is 14.1. The summed E-state index contributed by atoms with van der Waals surface area (Å²) in [5.41, 5.74) is 4.47. The minimum absolute atomic E-state index is 0.0994. The molecular weight excluding hydrogens is 786 g/mol. The Morgan fingerprint density at radius 1 is 1.18 bits per heavy atom. The second-order valence-corrected chi connectivity index (χ2v) is 15.3. The number of methoxy groups -OCH3 is 1. The Labute approximate surface area is 301 Å². The zero-order chi connectivity index (χ0) is 35.8. The first kappa shape index (κ1) is 36.6. The molecule has 2 unspecified atom stereocenters. The van der Waals surface area contributed by atoms with E-state index in [1.54, 1.807) is 26.0 Å². The Morgan fingerprint density at radius 2 is 1.90 bits per heavy atom. The molecule has 0 spiro atoms. The van der Waals surface area contributed by atoms with E-state index >= 15 is 0 Å². The molecule has 0 saturated carbocycles. The minimum atomic E-state index is -4.45. The molecule has 5 N–H and O–H groups in total. The number of anilines is 1. The minimum Gasteiger partial charge on any atom is -0.479 e. The van der Waals surface area contributed by atoms with Crippen LogP contribution in [-0.4, -0.2) is 92.6 Å². The Morgan fingerprint density at radius 3 is 2.62 bits per heavy atom. The summed E-state index contributed by atoms with van der Waals surface area (Å²) in [6, 6.07) is 11.5. The molecule has 16 nitrogen and oxygen atoms in total. The van der Waals surface area contributed by atoms with Crippen molar-refractivity contribution in [3.63, 3.8) is 0 Å². The number of hydrogen-bond donors (Lipinski definition) is 4. The lowest BCUT2D eigenvalue weighted by Crippen LogP contribution is -2.45. The molecule has 0 amide bonds. The Hall–Kier alpha value is -3.16. The third kappa shape index (κ3) is 7.41. The van der Waals surface area contributed by atoms with Gasteiger partial charge in [-0.25, -0.2) is 9.55 Å². The number of benzene rings is 2. The van der Waals surface area contributed by atoms with Gasteiger partial charge in [-0.1, -0.05) is 50.2 Å². The average Bonchev–Trinajstić information content (AvgIpc) is 3.52. The number of nitrogens with two attached hydrogens (primary N) is 1. The first-order valence-corrected chi connectivity index (χ1v) is 18.7. The summed E-state index contributed by atoms with van der Waals surface area (Å²) >= 11 is 1.94. The van der Waals surface area contributed by atoms with Gasteiger partial charge in [0.1, 0.15) is 35.7 Å². The van der Waals surface area contributed by atoms with Gasteiger partial charge in [0.15, 0.2) is 21.2 Å². The number of carbonyl (C=O) groups is 1. The Balaban J connectivity index is 1.29. The Kier molecular flexibility index (Phi) is 10.9. The van der Waals surface area contributed by atoms with Crippen LogP contribution < -0.4 is 20.1 Å². The number of esters is 1. The number of imidazole rings is 1. The number of rotatable bonds is 12. The van der Waals surface area contributed by atoms with E-state index < -0.39 is 56.3 Å². The second kappa shape index (κ2) is 14.8. The normalized spacial score (nSPS) is 24.8. The maximum Gasteiger partial charge on any atom is 0.459 e. The van der Waals surface area contributed by atoms with E-state index in [0.717, 1.165) is 5.39 Å². The summed E-state index contributed by atoms with van der Waals surface area (Å²) < 4.78 is 51.4. The van der Waals surface area contributed by atoms with Crippen LogP contribution in [0.1, 0.15) is 39.8 Å². The third-order valence-corrected chi connectivity index (χ3v) is 11.0. The molecule has 2 aromatic carbocycles. The van der Waals surface area contributed by atoms with Crippen LogP contribution in [-0.2, 0) is 28.1 Å². The lowest BCUT2D eigenvalue weighted by Gasteiger charge is -2.30. The summed E-state index contributed by atoms with van der Waals surface area (Å²) in [5.74, 6) is -0.748. The van der Waals surface area contributed by atoms with E-state index in [-0.39, 0.29) is 34.8 Å². The highest BCUT2D eigenvalue weighted by Gasteiger charge is 2.55. The van der Waals surface area contributed by atoms with Gasteiger partial charge in [-0.05, 0) is 24.3 Å². The number of halogens is 1. The SMILES string of the molecule is COc1nc(N)nc2c1nc(I)n2[C@@H]1O[C@H](COP(=O)(N[C@H](C(=O)OC2CCOCC2)C(C)C)Oc2cccc3ccccc23)C(O)[C@@]1(C)O. The highest BCUT2D eigenvalue weighted by Crippen LogP contribution is 2.49. The predicted molar refractivity (Wildman–Crippen MR) is 189 cm³/mol. The molecule has 6 atom stereocenters. The second-order valence-electron chi connectivity index (χ2n) is 12.7. The maximum absolute atomic E-state index is 14.8. The van der Waals surface area contributed by atoms with Crippen molar-refractivity contribution in [2.24, 2.45) is 5.92 Å². The van der Waals surface area contributed by atoms with E-state index in [9.17, 15) is 19.6 Å². The number of aliphatic hydroxyl groups is 2. The van der Waals surface area contributed by atoms with Crippen molar-refractivity contribution in [3.05, 3.63) is 46.3 Å². The van der Waals surface area contributed by atoms with Gasteiger partial charge in [0.05, 0.1) is 26.9 Å². The fourth-order valence-corrected chi connectivity index (χ4v) is 8.39. The largest absolute Gasteiger partial charge is 0.479 e. The van der Waals surface area contributed by atoms with Crippen LogP contribution >= 0.6 is 30.3 Å². The summed E-state index contributed by atoms with van der Waals surface area (Å²) in [7, 11) is -3.04. The van der Waals surface area contributed by atoms with Crippen molar-refractivity contribution in [1.29, 1.82) is 0 Å². The van der Waals surface area contributed by atoms with Crippen LogP contribution in [0.2, 0.25) is 0 Å². The smallest absolute Gasteiger partial charge is 0.459 e. The number of aliphatic hydroxyl groups excluding tert-OH is 1. The molecular formula is C32H40IN6O10P. The van der Waals surface area contributed by atoms with Crippen molar-refractivity contribution < 1.29 is 47.6 Å². The summed E-state index contributed by atoms with van der Waals surface area (Å²) in [5, 5.41) is 27.3. The fraction of sp³-hybridized carbons (Fsp3) is 0.500. The summed E-state index contributed by atoms with van der Waals surface area (Å²) in [6.45, 7) is 5.36. The average molecular weight is 827 g/mol. The molecule has 4 heterocycles. The zero-order valence-corrected chi connectivity index (χ0v) is 30.9. The molecule has 2 saturated heterocycles. The highest BCUT2D eigenvalue weighted by atomic mass is 127. The molecule has 2 aromatic heterocycles. The maximum atomic E-state index is 14.8. The number of nitrogens with one attached hydrogen (secondary N) is 1. The van der Waals surface area contributed by atoms with E-state index in [1.165, 1.54) is 18.6 Å². The lowest BCUT2D eigenvalue weighted by molar-refractivity contribution is -0.156. The van der Waals surface area contributed by atoms with Crippen LogP contribution in [0.4, 0.5) is 5.95 Å². The molecule has 2 aliphatic heterocycles. The number of hydrogen-bond acceptors (Lipinski definition) is 14. The van der Waals surface area contributed by atoms with Gasteiger partial charge in [0, 0.05) is 40.8 Å². The number of nitrogens with zero attached hydrogens (tertiary/aromatic N) is 4. The number of ether oxygens (including phenoxy) is 4. The number of nitrogen functional groups attached to an aromatic ring is 1. The van der Waals surface area contributed by atoms with Gasteiger partial charge in [0.25, 0.3) is 0 Å². The van der Waals surface area contributed by atoms with Gasteiger partial charge in [0.2, 0.25) is 11.8 Å². The van der Waals surface area contributed by atoms with Crippen molar-refractivity contribution in [1.82, 2.24) is 24.6 Å². The monoisotopic (exact) mass is 826 g/mol. The topological polar surface area (TPSA) is 212 Å².